The maximum absolute atomic E-state index is 13.4. The van der Waals surface area contributed by atoms with Crippen molar-refractivity contribution < 1.29 is 18.4 Å². The molecule has 0 saturated heterocycles. The van der Waals surface area contributed by atoms with Gasteiger partial charge in [-0.15, -0.1) is 0 Å². The van der Waals surface area contributed by atoms with E-state index in [1.807, 2.05) is 30.5 Å². The minimum Gasteiger partial charge on any atom is -0.479 e. The average molecular weight is 407 g/mol. The third-order valence-electron chi connectivity index (χ3n) is 5.12. The van der Waals surface area contributed by atoms with E-state index in [0.29, 0.717) is 24.6 Å². The van der Waals surface area contributed by atoms with E-state index in [-0.39, 0.29) is 24.1 Å². The van der Waals surface area contributed by atoms with E-state index in [0.717, 1.165) is 22.0 Å². The highest BCUT2D eigenvalue weighted by molar-refractivity contribution is 5.84. The number of hydrogen-bond acceptors (Lipinski definition) is 4. The topological polar surface area (TPSA) is 80.1 Å². The molecule has 0 bridgehead atoms. The Morgan fingerprint density at radius 2 is 2.03 bits per heavy atom. The number of halogens is 1. The normalized spacial score (nSPS) is 12.1. The third kappa shape index (κ3) is 4.35. The highest BCUT2D eigenvalue weighted by atomic mass is 19.1. The molecular weight excluding hydrogens is 385 g/mol. The second kappa shape index (κ2) is 8.82. The van der Waals surface area contributed by atoms with Crippen LogP contribution in [0.2, 0.25) is 0 Å². The van der Waals surface area contributed by atoms with Crippen LogP contribution >= 0.6 is 0 Å². The zero-order valence-corrected chi connectivity index (χ0v) is 16.5. The molecule has 1 atom stereocenters. The maximum atomic E-state index is 13.4. The van der Waals surface area contributed by atoms with Crippen LogP contribution in [0.5, 0.6) is 5.88 Å². The fourth-order valence-corrected chi connectivity index (χ4v) is 3.53. The van der Waals surface area contributed by atoms with Crippen LogP contribution in [0.15, 0.2) is 65.3 Å². The smallest absolute Gasteiger partial charge is 0.254 e. The molecule has 6 nitrogen and oxygen atoms in total. The minimum atomic E-state index is -0.289. The van der Waals surface area contributed by atoms with Crippen molar-refractivity contribution >= 4 is 16.8 Å². The van der Waals surface area contributed by atoms with Crippen molar-refractivity contribution in [2.45, 2.75) is 18.8 Å². The van der Waals surface area contributed by atoms with Gasteiger partial charge in [-0.2, -0.15) is 0 Å². The van der Waals surface area contributed by atoms with Crippen LogP contribution in [-0.2, 0) is 11.2 Å². The third-order valence-corrected chi connectivity index (χ3v) is 5.12. The molecule has 7 heteroatoms. The number of carbonyl (C=O) groups is 1. The van der Waals surface area contributed by atoms with E-state index in [9.17, 15) is 9.18 Å². The Labute approximate surface area is 173 Å². The number of methoxy groups -OCH3 is 1. The van der Waals surface area contributed by atoms with Crippen molar-refractivity contribution in [1.29, 1.82) is 0 Å². The largest absolute Gasteiger partial charge is 0.479 e. The molecule has 0 unspecified atom stereocenters. The second-order valence-electron chi connectivity index (χ2n) is 7.03. The molecule has 1 amide bonds. The average Bonchev–Trinajstić information content (AvgIpc) is 3.41. The molecule has 30 heavy (non-hydrogen) atoms. The van der Waals surface area contributed by atoms with E-state index in [4.69, 9.17) is 9.26 Å². The van der Waals surface area contributed by atoms with Gasteiger partial charge in [0.1, 0.15) is 11.6 Å². The molecule has 2 aromatic heterocycles. The summed E-state index contributed by atoms with van der Waals surface area (Å²) in [6.45, 7) is 0.395. The van der Waals surface area contributed by atoms with E-state index in [1.54, 1.807) is 18.2 Å². The SMILES string of the molecule is COc1cc(CCC(=O)NC[C@@H](c2ccc(F)cc2)c2c[nH]c3ccccc23)on1. The summed E-state index contributed by atoms with van der Waals surface area (Å²) in [5, 5.41) is 7.81. The van der Waals surface area contributed by atoms with Gasteiger partial charge in [0.05, 0.1) is 7.11 Å². The number of nitrogens with zero attached hydrogens (tertiary/aromatic N) is 1. The summed E-state index contributed by atoms with van der Waals surface area (Å²) >= 11 is 0. The molecule has 2 N–H and O–H groups in total. The molecule has 4 rings (SSSR count). The summed E-state index contributed by atoms with van der Waals surface area (Å²) in [5.74, 6) is 0.478. The molecule has 0 aliphatic rings. The lowest BCUT2D eigenvalue weighted by Crippen LogP contribution is -2.29. The van der Waals surface area contributed by atoms with E-state index >= 15 is 0 Å². The lowest BCUT2D eigenvalue weighted by Gasteiger charge is -2.18. The molecule has 2 heterocycles. The van der Waals surface area contributed by atoms with E-state index in [1.165, 1.54) is 19.2 Å². The highest BCUT2D eigenvalue weighted by Gasteiger charge is 2.19. The van der Waals surface area contributed by atoms with Crippen LogP contribution in [0.25, 0.3) is 10.9 Å². The minimum absolute atomic E-state index is 0.0997. The first kappa shape index (κ1) is 19.7. The van der Waals surface area contributed by atoms with Gasteiger partial charge in [0.15, 0.2) is 0 Å². The fraction of sp³-hybridized carbons (Fsp3) is 0.217. The Morgan fingerprint density at radius 1 is 1.23 bits per heavy atom. The Hall–Kier alpha value is -3.61. The molecule has 0 radical (unpaired) electrons. The summed E-state index contributed by atoms with van der Waals surface area (Å²) in [6.07, 6.45) is 2.64. The number of amides is 1. The number of aryl methyl sites for hydroxylation is 1. The quantitative estimate of drug-likeness (QED) is 0.459. The number of hydrogen-bond donors (Lipinski definition) is 2. The zero-order valence-electron chi connectivity index (χ0n) is 16.5. The summed E-state index contributed by atoms with van der Waals surface area (Å²) in [5.41, 5.74) is 3.00. The maximum Gasteiger partial charge on any atom is 0.254 e. The monoisotopic (exact) mass is 407 g/mol. The van der Waals surface area contributed by atoms with Crippen molar-refractivity contribution in [2.24, 2.45) is 0 Å². The summed E-state index contributed by atoms with van der Waals surface area (Å²) in [7, 11) is 1.51. The predicted octanol–water partition coefficient (Wildman–Crippen LogP) is 4.18. The Morgan fingerprint density at radius 3 is 2.80 bits per heavy atom. The molecule has 0 aliphatic carbocycles. The standard InChI is InChI=1S/C23H22FN3O3/c1-29-23-12-17(30-27-23)10-11-22(28)26-13-19(15-6-8-16(24)9-7-15)20-14-25-21-5-3-2-4-18(20)21/h2-9,12,14,19,25H,10-11,13H2,1H3,(H,26,28)/t19-/m0/s1. The first-order chi connectivity index (χ1) is 14.6. The van der Waals surface area contributed by atoms with Gasteiger partial charge in [0, 0.05) is 48.5 Å². The number of aromatic amines is 1. The summed E-state index contributed by atoms with van der Waals surface area (Å²) < 4.78 is 23.6. The Balaban J connectivity index is 1.48. The predicted molar refractivity (Wildman–Crippen MR) is 111 cm³/mol. The number of ether oxygens (including phenoxy) is 1. The van der Waals surface area contributed by atoms with Crippen LogP contribution in [-0.4, -0.2) is 29.7 Å². The molecular formula is C23H22FN3O3. The number of para-hydroxylation sites is 1. The number of H-pyrrole nitrogens is 1. The number of aromatic nitrogens is 2. The van der Waals surface area contributed by atoms with Crippen molar-refractivity contribution in [2.75, 3.05) is 13.7 Å². The van der Waals surface area contributed by atoms with E-state index < -0.39 is 0 Å². The molecule has 0 fully saturated rings. The van der Waals surface area contributed by atoms with Crippen molar-refractivity contribution in [3.05, 3.63) is 83.5 Å². The molecule has 2 aromatic carbocycles. The van der Waals surface area contributed by atoms with Gasteiger partial charge in [-0.25, -0.2) is 4.39 Å². The fourth-order valence-electron chi connectivity index (χ4n) is 3.53. The Kier molecular flexibility index (Phi) is 5.79. The van der Waals surface area contributed by atoms with Gasteiger partial charge in [0.2, 0.25) is 5.91 Å². The van der Waals surface area contributed by atoms with Crippen LogP contribution in [0.4, 0.5) is 4.39 Å². The zero-order chi connectivity index (χ0) is 20.9. The molecule has 0 aliphatic heterocycles. The molecule has 4 aromatic rings. The van der Waals surface area contributed by atoms with Gasteiger partial charge in [-0.1, -0.05) is 30.3 Å². The Bertz CT molecular complexity index is 1130. The molecule has 0 spiro atoms. The van der Waals surface area contributed by atoms with Crippen LogP contribution in [0.1, 0.15) is 29.2 Å². The van der Waals surface area contributed by atoms with E-state index in [2.05, 4.69) is 15.5 Å². The first-order valence-electron chi connectivity index (χ1n) is 9.72. The van der Waals surface area contributed by atoms with Gasteiger partial charge >= 0.3 is 0 Å². The van der Waals surface area contributed by atoms with Gasteiger partial charge in [-0.3, -0.25) is 4.79 Å². The number of nitrogens with one attached hydrogen (secondary N) is 2. The lowest BCUT2D eigenvalue weighted by molar-refractivity contribution is -0.121. The van der Waals surface area contributed by atoms with Gasteiger partial charge in [0.25, 0.3) is 5.88 Å². The molecule has 0 saturated carbocycles. The van der Waals surface area contributed by atoms with Crippen LogP contribution < -0.4 is 10.1 Å². The van der Waals surface area contributed by atoms with Crippen molar-refractivity contribution in [3.63, 3.8) is 0 Å². The second-order valence-corrected chi connectivity index (χ2v) is 7.03. The van der Waals surface area contributed by atoms with Crippen molar-refractivity contribution in [3.8, 4) is 5.88 Å². The molecule has 154 valence electrons. The first-order valence-corrected chi connectivity index (χ1v) is 9.72. The number of benzene rings is 2. The van der Waals surface area contributed by atoms with Gasteiger partial charge < -0.3 is 19.6 Å². The summed E-state index contributed by atoms with van der Waals surface area (Å²) in [4.78, 5) is 15.7. The number of rotatable bonds is 8. The summed E-state index contributed by atoms with van der Waals surface area (Å²) in [6, 6.07) is 16.1. The number of fused-ring (bicyclic) bond motifs is 1. The van der Waals surface area contributed by atoms with Gasteiger partial charge in [-0.05, 0) is 34.5 Å². The lowest BCUT2D eigenvalue weighted by atomic mass is 9.91. The number of carbonyl (C=O) groups excluding carboxylic acids is 1. The van der Waals surface area contributed by atoms with Crippen LogP contribution in [0.3, 0.4) is 0 Å². The van der Waals surface area contributed by atoms with Crippen molar-refractivity contribution in [1.82, 2.24) is 15.5 Å². The highest BCUT2D eigenvalue weighted by Crippen LogP contribution is 2.30. The van der Waals surface area contributed by atoms with Crippen LogP contribution in [0, 0.1) is 5.82 Å².